The maximum absolute atomic E-state index is 4.65. The van der Waals surface area contributed by atoms with Gasteiger partial charge in [0.15, 0.2) is 0 Å². The van der Waals surface area contributed by atoms with E-state index in [1.54, 1.807) is 0 Å². The predicted molar refractivity (Wildman–Crippen MR) is 97.5 cm³/mol. The Hall–Kier alpha value is -0.940. The molecule has 3 heteroatoms. The van der Waals surface area contributed by atoms with Gasteiger partial charge in [0.1, 0.15) is 0 Å². The van der Waals surface area contributed by atoms with Crippen LogP contribution in [0.3, 0.4) is 0 Å². The Morgan fingerprint density at radius 1 is 1.14 bits per heavy atom. The first-order chi connectivity index (χ1) is 10.2. The molecule has 0 aliphatic carbocycles. The fourth-order valence-electron chi connectivity index (χ4n) is 2.50. The van der Waals surface area contributed by atoms with Crippen molar-refractivity contribution in [1.82, 2.24) is 10.3 Å². The molecular formula is C18H23IN2. The molecule has 2 aromatic rings. The molecule has 1 aromatic carbocycles. The molecule has 0 spiro atoms. The summed E-state index contributed by atoms with van der Waals surface area (Å²) in [6.07, 6.45) is 5.06. The highest BCUT2D eigenvalue weighted by Gasteiger charge is 2.16. The van der Waals surface area contributed by atoms with Gasteiger partial charge in [-0.1, -0.05) is 32.0 Å². The van der Waals surface area contributed by atoms with Crippen molar-refractivity contribution in [1.29, 1.82) is 0 Å². The molecular weight excluding hydrogens is 371 g/mol. The van der Waals surface area contributed by atoms with Gasteiger partial charge in [-0.05, 0) is 77.7 Å². The lowest BCUT2D eigenvalue weighted by Crippen LogP contribution is -2.26. The summed E-state index contributed by atoms with van der Waals surface area (Å²) in [7, 11) is 0. The number of hydrogen-bond donors (Lipinski definition) is 1. The average molecular weight is 394 g/mol. The van der Waals surface area contributed by atoms with Crippen LogP contribution in [-0.2, 0) is 12.8 Å². The quantitative estimate of drug-likeness (QED) is 0.698. The van der Waals surface area contributed by atoms with Crippen LogP contribution in [0.5, 0.6) is 0 Å². The molecule has 0 bridgehead atoms. The van der Waals surface area contributed by atoms with E-state index in [1.165, 1.54) is 20.4 Å². The van der Waals surface area contributed by atoms with E-state index >= 15 is 0 Å². The average Bonchev–Trinajstić information content (AvgIpc) is 2.53. The van der Waals surface area contributed by atoms with Gasteiger partial charge in [-0.15, -0.1) is 0 Å². The van der Waals surface area contributed by atoms with Gasteiger partial charge in [0.05, 0.1) is 11.7 Å². The molecule has 0 amide bonds. The van der Waals surface area contributed by atoms with Crippen LogP contribution in [0.1, 0.15) is 43.1 Å². The standard InChI is InChI=1S/C18H23IN2/c1-3-11-20-17(13-14-7-9-16(19)10-8-14)18-15(4-2)6-5-12-21-18/h5-10,12,17,20H,3-4,11,13H2,1-2H3. The fraction of sp³-hybridized carbons (Fsp3) is 0.389. The number of rotatable bonds is 7. The highest BCUT2D eigenvalue weighted by atomic mass is 127. The van der Waals surface area contributed by atoms with E-state index < -0.39 is 0 Å². The van der Waals surface area contributed by atoms with Crippen LogP contribution in [0.4, 0.5) is 0 Å². The number of aryl methyl sites for hydroxylation is 1. The van der Waals surface area contributed by atoms with Gasteiger partial charge in [-0.25, -0.2) is 0 Å². The number of halogens is 1. The number of hydrogen-bond acceptors (Lipinski definition) is 2. The van der Waals surface area contributed by atoms with E-state index in [0.29, 0.717) is 6.04 Å². The molecule has 1 heterocycles. The summed E-state index contributed by atoms with van der Waals surface area (Å²) >= 11 is 2.35. The molecule has 0 aliphatic heterocycles. The van der Waals surface area contributed by atoms with Crippen LogP contribution in [0.2, 0.25) is 0 Å². The van der Waals surface area contributed by atoms with Crippen molar-refractivity contribution in [2.24, 2.45) is 0 Å². The van der Waals surface area contributed by atoms with Gasteiger partial charge in [-0.2, -0.15) is 0 Å². The minimum absolute atomic E-state index is 0.293. The summed E-state index contributed by atoms with van der Waals surface area (Å²) in [6, 6.07) is 13.3. The summed E-state index contributed by atoms with van der Waals surface area (Å²) in [4.78, 5) is 4.65. The van der Waals surface area contributed by atoms with E-state index in [1.807, 2.05) is 12.3 Å². The largest absolute Gasteiger partial charge is 0.308 e. The second-order valence-electron chi connectivity index (χ2n) is 5.24. The maximum atomic E-state index is 4.65. The zero-order valence-corrected chi connectivity index (χ0v) is 14.9. The van der Waals surface area contributed by atoms with E-state index in [2.05, 4.69) is 77.1 Å². The summed E-state index contributed by atoms with van der Waals surface area (Å²) in [5.41, 5.74) is 3.90. The first-order valence-corrected chi connectivity index (χ1v) is 8.74. The van der Waals surface area contributed by atoms with Gasteiger partial charge < -0.3 is 5.32 Å². The van der Waals surface area contributed by atoms with Crippen LogP contribution in [-0.4, -0.2) is 11.5 Å². The molecule has 112 valence electrons. The minimum Gasteiger partial charge on any atom is -0.308 e. The Morgan fingerprint density at radius 2 is 1.90 bits per heavy atom. The van der Waals surface area contributed by atoms with Crippen molar-refractivity contribution in [3.63, 3.8) is 0 Å². The topological polar surface area (TPSA) is 24.9 Å². The minimum atomic E-state index is 0.293. The van der Waals surface area contributed by atoms with Gasteiger partial charge in [0.2, 0.25) is 0 Å². The Morgan fingerprint density at radius 3 is 2.57 bits per heavy atom. The summed E-state index contributed by atoms with van der Waals surface area (Å²) < 4.78 is 1.28. The third-order valence-electron chi connectivity index (χ3n) is 3.63. The van der Waals surface area contributed by atoms with E-state index in [9.17, 15) is 0 Å². The van der Waals surface area contributed by atoms with Crippen LogP contribution in [0, 0.1) is 3.57 Å². The number of nitrogens with zero attached hydrogens (tertiary/aromatic N) is 1. The van der Waals surface area contributed by atoms with Crippen molar-refractivity contribution in [3.05, 3.63) is 63.0 Å². The molecule has 1 N–H and O–H groups in total. The Bertz CT molecular complexity index is 551. The van der Waals surface area contributed by atoms with Crippen LogP contribution < -0.4 is 5.32 Å². The molecule has 2 rings (SSSR count). The number of benzene rings is 1. The lowest BCUT2D eigenvalue weighted by atomic mass is 9.98. The number of nitrogens with one attached hydrogen (secondary N) is 1. The van der Waals surface area contributed by atoms with Crippen molar-refractivity contribution in [2.45, 2.75) is 39.2 Å². The lowest BCUT2D eigenvalue weighted by molar-refractivity contribution is 0.514. The highest BCUT2D eigenvalue weighted by molar-refractivity contribution is 14.1. The van der Waals surface area contributed by atoms with Crippen molar-refractivity contribution >= 4 is 22.6 Å². The predicted octanol–water partition coefficient (Wildman–Crippen LogP) is 4.53. The molecule has 0 saturated heterocycles. The first-order valence-electron chi connectivity index (χ1n) is 7.66. The Balaban J connectivity index is 2.23. The third kappa shape index (κ3) is 4.78. The first kappa shape index (κ1) is 16.4. The van der Waals surface area contributed by atoms with Crippen molar-refractivity contribution < 1.29 is 0 Å². The number of pyridine rings is 1. The monoisotopic (exact) mass is 394 g/mol. The SMILES string of the molecule is CCCNC(Cc1ccc(I)cc1)c1ncccc1CC. The normalized spacial score (nSPS) is 12.3. The summed E-state index contributed by atoms with van der Waals surface area (Å²) in [5, 5.41) is 3.66. The molecule has 0 aliphatic rings. The highest BCUT2D eigenvalue weighted by Crippen LogP contribution is 2.21. The Kier molecular flexibility index (Phi) is 6.64. The zero-order valence-electron chi connectivity index (χ0n) is 12.8. The van der Waals surface area contributed by atoms with Gasteiger partial charge >= 0.3 is 0 Å². The molecule has 0 saturated carbocycles. The zero-order chi connectivity index (χ0) is 15.1. The lowest BCUT2D eigenvalue weighted by Gasteiger charge is -2.20. The van der Waals surface area contributed by atoms with Gasteiger partial charge in [-0.3, -0.25) is 4.98 Å². The molecule has 21 heavy (non-hydrogen) atoms. The van der Waals surface area contributed by atoms with E-state index in [-0.39, 0.29) is 0 Å². The van der Waals surface area contributed by atoms with Crippen LogP contribution in [0.15, 0.2) is 42.6 Å². The van der Waals surface area contributed by atoms with Crippen molar-refractivity contribution in [2.75, 3.05) is 6.54 Å². The van der Waals surface area contributed by atoms with Crippen LogP contribution in [0.25, 0.3) is 0 Å². The van der Waals surface area contributed by atoms with Gasteiger partial charge in [0.25, 0.3) is 0 Å². The van der Waals surface area contributed by atoms with Crippen molar-refractivity contribution in [3.8, 4) is 0 Å². The second-order valence-corrected chi connectivity index (χ2v) is 6.48. The molecule has 0 fully saturated rings. The van der Waals surface area contributed by atoms with E-state index in [4.69, 9.17) is 0 Å². The second kappa shape index (κ2) is 8.49. The Labute approximate surface area is 141 Å². The fourth-order valence-corrected chi connectivity index (χ4v) is 2.86. The van der Waals surface area contributed by atoms with E-state index in [0.717, 1.165) is 25.8 Å². The number of aromatic nitrogens is 1. The third-order valence-corrected chi connectivity index (χ3v) is 4.35. The smallest absolute Gasteiger partial charge is 0.0608 e. The maximum Gasteiger partial charge on any atom is 0.0608 e. The van der Waals surface area contributed by atoms with Crippen LogP contribution >= 0.6 is 22.6 Å². The molecule has 0 radical (unpaired) electrons. The summed E-state index contributed by atoms with van der Waals surface area (Å²) in [5.74, 6) is 0. The molecule has 1 aromatic heterocycles. The molecule has 1 unspecified atom stereocenters. The van der Waals surface area contributed by atoms with Gasteiger partial charge in [0, 0.05) is 9.77 Å². The summed E-state index contributed by atoms with van der Waals surface area (Å²) in [6.45, 7) is 5.42. The molecule has 1 atom stereocenters. The molecule has 2 nitrogen and oxygen atoms in total.